The molecule has 1 saturated heterocycles. The quantitative estimate of drug-likeness (QED) is 0.513. The van der Waals surface area contributed by atoms with Gasteiger partial charge in [-0.2, -0.15) is 0 Å². The van der Waals surface area contributed by atoms with Crippen molar-refractivity contribution in [1.82, 2.24) is 19.9 Å². The third-order valence-electron chi connectivity index (χ3n) is 5.94. The number of hydrogen-bond acceptors (Lipinski definition) is 4. The lowest BCUT2D eigenvalue weighted by atomic mass is 9.94. The van der Waals surface area contributed by atoms with E-state index in [4.69, 9.17) is 9.97 Å². The van der Waals surface area contributed by atoms with Crippen molar-refractivity contribution in [2.45, 2.75) is 39.7 Å². The van der Waals surface area contributed by atoms with Crippen molar-refractivity contribution in [1.29, 1.82) is 0 Å². The molecular formula is C23H26N4S. The van der Waals surface area contributed by atoms with E-state index < -0.39 is 0 Å². The van der Waals surface area contributed by atoms with Crippen LogP contribution in [0.15, 0.2) is 36.4 Å². The molecule has 1 aliphatic rings. The van der Waals surface area contributed by atoms with E-state index in [9.17, 15) is 0 Å². The maximum Gasteiger partial charge on any atom is 0.151 e. The summed E-state index contributed by atoms with van der Waals surface area (Å²) in [6.45, 7) is 7.57. The highest BCUT2D eigenvalue weighted by atomic mass is 32.1. The summed E-state index contributed by atoms with van der Waals surface area (Å²) in [5.41, 5.74) is 4.37. The van der Waals surface area contributed by atoms with Gasteiger partial charge >= 0.3 is 0 Å². The standard InChI is InChI=1S/C23H26N4S/c1-15-7-8-20(28-15)23-26-21-16(2)25-19-6-4-3-5-18(19)22(21)27(23)14-11-17-9-12-24-13-10-17/h3-8,17,24H,9-14H2,1-2H3. The van der Waals surface area contributed by atoms with Crippen molar-refractivity contribution >= 4 is 33.3 Å². The van der Waals surface area contributed by atoms with E-state index in [-0.39, 0.29) is 0 Å². The van der Waals surface area contributed by atoms with Crippen LogP contribution in [0.4, 0.5) is 0 Å². The number of benzene rings is 1. The summed E-state index contributed by atoms with van der Waals surface area (Å²) < 4.78 is 2.47. The molecule has 4 aromatic rings. The SMILES string of the molecule is Cc1ccc(-c2nc3c(C)nc4ccccc4c3n2CCC2CCNCC2)s1. The van der Waals surface area contributed by atoms with E-state index in [1.807, 2.05) is 11.3 Å². The third kappa shape index (κ3) is 3.12. The Morgan fingerprint density at radius 3 is 2.68 bits per heavy atom. The van der Waals surface area contributed by atoms with Crippen molar-refractivity contribution in [3.05, 3.63) is 47.0 Å². The Balaban J connectivity index is 1.68. The molecule has 1 aromatic carbocycles. The molecular weight excluding hydrogens is 364 g/mol. The highest BCUT2D eigenvalue weighted by molar-refractivity contribution is 7.15. The molecule has 1 N–H and O–H groups in total. The number of piperidine rings is 1. The highest BCUT2D eigenvalue weighted by Gasteiger charge is 2.20. The molecule has 1 aliphatic heterocycles. The Labute approximate surface area is 169 Å². The second kappa shape index (κ2) is 7.30. The first-order valence-electron chi connectivity index (χ1n) is 10.2. The molecule has 0 aliphatic carbocycles. The van der Waals surface area contributed by atoms with Crippen LogP contribution in [0.3, 0.4) is 0 Å². The van der Waals surface area contributed by atoms with Gasteiger partial charge in [-0.25, -0.2) is 4.98 Å². The number of para-hydroxylation sites is 1. The maximum atomic E-state index is 5.11. The molecule has 5 rings (SSSR count). The molecule has 3 aromatic heterocycles. The summed E-state index contributed by atoms with van der Waals surface area (Å²) in [6.07, 6.45) is 3.77. The third-order valence-corrected chi connectivity index (χ3v) is 6.93. The minimum atomic E-state index is 0.797. The molecule has 4 nitrogen and oxygen atoms in total. The van der Waals surface area contributed by atoms with E-state index in [1.165, 1.54) is 39.9 Å². The Morgan fingerprint density at radius 2 is 1.89 bits per heavy atom. The molecule has 0 saturated carbocycles. The predicted octanol–water partition coefficient (Wildman–Crippen LogP) is 5.32. The van der Waals surface area contributed by atoms with Gasteiger partial charge in [0.25, 0.3) is 0 Å². The molecule has 0 radical (unpaired) electrons. The minimum absolute atomic E-state index is 0.797. The zero-order valence-corrected chi connectivity index (χ0v) is 17.4. The zero-order chi connectivity index (χ0) is 19.1. The lowest BCUT2D eigenvalue weighted by molar-refractivity contribution is 0.340. The van der Waals surface area contributed by atoms with Crippen LogP contribution in [0.25, 0.3) is 32.6 Å². The first-order chi connectivity index (χ1) is 13.7. The van der Waals surface area contributed by atoms with Gasteiger partial charge in [0.05, 0.1) is 21.6 Å². The topological polar surface area (TPSA) is 42.7 Å². The molecule has 1 fully saturated rings. The molecule has 28 heavy (non-hydrogen) atoms. The fraction of sp³-hybridized carbons (Fsp3) is 0.391. The fourth-order valence-electron chi connectivity index (χ4n) is 4.43. The van der Waals surface area contributed by atoms with Gasteiger partial charge in [0, 0.05) is 16.8 Å². The average Bonchev–Trinajstić information content (AvgIpc) is 3.31. The van der Waals surface area contributed by atoms with E-state index >= 15 is 0 Å². The molecule has 5 heteroatoms. The lowest BCUT2D eigenvalue weighted by Crippen LogP contribution is -2.28. The number of rotatable bonds is 4. The highest BCUT2D eigenvalue weighted by Crippen LogP contribution is 2.35. The van der Waals surface area contributed by atoms with E-state index in [0.29, 0.717) is 0 Å². The number of pyridine rings is 1. The monoisotopic (exact) mass is 390 g/mol. The smallest absolute Gasteiger partial charge is 0.151 e. The summed E-state index contributed by atoms with van der Waals surface area (Å²) in [6, 6.07) is 12.9. The first-order valence-corrected chi connectivity index (χ1v) is 11.1. The van der Waals surface area contributed by atoms with Gasteiger partial charge in [-0.05, 0) is 70.3 Å². The number of nitrogens with zero attached hydrogens (tertiary/aromatic N) is 3. The number of nitrogens with one attached hydrogen (secondary N) is 1. The van der Waals surface area contributed by atoms with Crippen LogP contribution in [0, 0.1) is 19.8 Å². The van der Waals surface area contributed by atoms with Crippen molar-refractivity contribution in [2.75, 3.05) is 13.1 Å². The normalized spacial score (nSPS) is 15.6. The van der Waals surface area contributed by atoms with Crippen molar-refractivity contribution in [3.8, 4) is 10.7 Å². The summed E-state index contributed by atoms with van der Waals surface area (Å²) in [7, 11) is 0. The Bertz CT molecular complexity index is 1130. The van der Waals surface area contributed by atoms with E-state index in [1.54, 1.807) is 0 Å². The summed E-state index contributed by atoms with van der Waals surface area (Å²) >= 11 is 1.83. The van der Waals surface area contributed by atoms with Crippen molar-refractivity contribution in [3.63, 3.8) is 0 Å². The molecule has 144 valence electrons. The van der Waals surface area contributed by atoms with Gasteiger partial charge in [0.1, 0.15) is 5.52 Å². The minimum Gasteiger partial charge on any atom is -0.323 e. The number of fused-ring (bicyclic) bond motifs is 3. The lowest BCUT2D eigenvalue weighted by Gasteiger charge is -2.23. The molecule has 0 amide bonds. The average molecular weight is 391 g/mol. The van der Waals surface area contributed by atoms with Crippen LogP contribution >= 0.6 is 11.3 Å². The number of aromatic nitrogens is 3. The van der Waals surface area contributed by atoms with Gasteiger partial charge in [-0.3, -0.25) is 4.98 Å². The zero-order valence-electron chi connectivity index (χ0n) is 16.5. The first kappa shape index (κ1) is 17.8. The Morgan fingerprint density at radius 1 is 1.07 bits per heavy atom. The number of aryl methyl sites for hydroxylation is 3. The van der Waals surface area contributed by atoms with Gasteiger partial charge in [-0.15, -0.1) is 11.3 Å². The summed E-state index contributed by atoms with van der Waals surface area (Å²) in [4.78, 5) is 12.5. The summed E-state index contributed by atoms with van der Waals surface area (Å²) in [5.74, 6) is 1.90. The van der Waals surface area contributed by atoms with Crippen LogP contribution in [-0.4, -0.2) is 27.6 Å². The number of thiophene rings is 1. The summed E-state index contributed by atoms with van der Waals surface area (Å²) in [5, 5.41) is 4.69. The molecule has 4 heterocycles. The molecule has 0 unspecified atom stereocenters. The number of hydrogen-bond donors (Lipinski definition) is 1. The van der Waals surface area contributed by atoms with Gasteiger partial charge in [0.2, 0.25) is 0 Å². The van der Waals surface area contributed by atoms with Crippen LogP contribution in [-0.2, 0) is 6.54 Å². The van der Waals surface area contributed by atoms with Crippen LogP contribution in [0.1, 0.15) is 29.8 Å². The van der Waals surface area contributed by atoms with Gasteiger partial charge in [-0.1, -0.05) is 18.2 Å². The Hall–Kier alpha value is -2.24. The van der Waals surface area contributed by atoms with Gasteiger partial charge < -0.3 is 9.88 Å². The van der Waals surface area contributed by atoms with Crippen LogP contribution < -0.4 is 5.32 Å². The van der Waals surface area contributed by atoms with Crippen molar-refractivity contribution in [2.24, 2.45) is 5.92 Å². The van der Waals surface area contributed by atoms with Gasteiger partial charge in [0.15, 0.2) is 5.82 Å². The molecule has 0 atom stereocenters. The fourth-order valence-corrected chi connectivity index (χ4v) is 5.29. The Kier molecular flexibility index (Phi) is 4.65. The number of imidazole rings is 1. The van der Waals surface area contributed by atoms with Crippen LogP contribution in [0.5, 0.6) is 0 Å². The largest absolute Gasteiger partial charge is 0.323 e. The van der Waals surface area contributed by atoms with Crippen LogP contribution in [0.2, 0.25) is 0 Å². The predicted molar refractivity (Wildman–Crippen MR) is 118 cm³/mol. The van der Waals surface area contributed by atoms with Crippen molar-refractivity contribution < 1.29 is 0 Å². The molecule has 0 spiro atoms. The second-order valence-corrected chi connectivity index (χ2v) is 9.18. The van der Waals surface area contributed by atoms with E-state index in [0.717, 1.165) is 48.1 Å². The molecule has 0 bridgehead atoms. The maximum absolute atomic E-state index is 5.11. The van der Waals surface area contributed by atoms with E-state index in [2.05, 4.69) is 60.1 Å². The second-order valence-electron chi connectivity index (χ2n) is 7.89.